The quantitative estimate of drug-likeness (QED) is 0.771. The van der Waals surface area contributed by atoms with E-state index >= 15 is 0 Å². The average molecular weight is 252 g/mol. The van der Waals surface area contributed by atoms with Gasteiger partial charge in [-0.1, -0.05) is 27.7 Å². The van der Waals surface area contributed by atoms with Crippen molar-refractivity contribution in [2.24, 2.45) is 11.1 Å². The van der Waals surface area contributed by atoms with Gasteiger partial charge in [0.1, 0.15) is 0 Å². The minimum absolute atomic E-state index is 0.172. The Labute approximate surface area is 111 Å². The predicted octanol–water partition coefficient (Wildman–Crippen LogP) is 2.10. The van der Waals surface area contributed by atoms with E-state index in [0.29, 0.717) is 0 Å². The summed E-state index contributed by atoms with van der Waals surface area (Å²) in [6.45, 7) is 13.6. The minimum atomic E-state index is 0.172. The van der Waals surface area contributed by atoms with E-state index in [0.717, 1.165) is 39.1 Å². The van der Waals surface area contributed by atoms with Crippen molar-refractivity contribution in [1.29, 1.82) is 0 Å². The predicted molar refractivity (Wildman–Crippen MR) is 76.3 cm³/mol. The van der Waals surface area contributed by atoms with E-state index in [1.807, 2.05) is 6.20 Å². The fourth-order valence-electron chi connectivity index (χ4n) is 2.09. The Morgan fingerprint density at radius 2 is 2.11 bits per heavy atom. The van der Waals surface area contributed by atoms with Gasteiger partial charge in [0.2, 0.25) is 0 Å². The molecule has 0 bridgehead atoms. The fourth-order valence-corrected chi connectivity index (χ4v) is 2.09. The van der Waals surface area contributed by atoms with Crippen molar-refractivity contribution in [3.8, 4) is 0 Å². The van der Waals surface area contributed by atoms with Gasteiger partial charge in [-0.25, -0.2) is 0 Å². The highest BCUT2D eigenvalue weighted by molar-refractivity contribution is 5.00. The van der Waals surface area contributed by atoms with Gasteiger partial charge in [-0.2, -0.15) is 5.10 Å². The van der Waals surface area contributed by atoms with Crippen molar-refractivity contribution < 1.29 is 0 Å². The number of nitrogens with zero attached hydrogens (tertiary/aromatic N) is 3. The monoisotopic (exact) mass is 252 g/mol. The number of aryl methyl sites for hydroxylation is 1. The molecule has 1 rings (SSSR count). The van der Waals surface area contributed by atoms with Crippen LogP contribution in [0.5, 0.6) is 0 Å². The lowest BCUT2D eigenvalue weighted by molar-refractivity contribution is 0.179. The third-order valence-electron chi connectivity index (χ3n) is 3.28. The number of aromatic nitrogens is 2. The maximum Gasteiger partial charge on any atom is 0.0524 e. The molecule has 1 heterocycles. The molecule has 0 unspecified atom stereocenters. The second kappa shape index (κ2) is 6.90. The molecule has 2 N–H and O–H groups in total. The second-order valence-electron chi connectivity index (χ2n) is 5.72. The number of nitrogens with two attached hydrogens (primary N) is 1. The SMILES string of the molecule is CCCn1nccc1CN(CC)CC(C)(C)CN. The molecule has 104 valence electrons. The van der Waals surface area contributed by atoms with Crippen molar-refractivity contribution in [1.82, 2.24) is 14.7 Å². The van der Waals surface area contributed by atoms with Crippen molar-refractivity contribution in [2.75, 3.05) is 19.6 Å². The molecule has 0 saturated carbocycles. The van der Waals surface area contributed by atoms with Gasteiger partial charge in [0.05, 0.1) is 5.69 Å². The molecule has 0 aliphatic carbocycles. The maximum absolute atomic E-state index is 5.82. The summed E-state index contributed by atoms with van der Waals surface area (Å²) in [5.41, 5.74) is 7.29. The van der Waals surface area contributed by atoms with Gasteiger partial charge in [0, 0.05) is 25.8 Å². The molecule has 0 spiro atoms. The van der Waals surface area contributed by atoms with E-state index in [1.54, 1.807) is 0 Å². The van der Waals surface area contributed by atoms with Gasteiger partial charge in [-0.15, -0.1) is 0 Å². The number of rotatable bonds is 8. The van der Waals surface area contributed by atoms with Crippen molar-refractivity contribution >= 4 is 0 Å². The summed E-state index contributed by atoms with van der Waals surface area (Å²) in [7, 11) is 0. The zero-order valence-electron chi connectivity index (χ0n) is 12.3. The molecule has 0 saturated heterocycles. The van der Waals surface area contributed by atoms with Gasteiger partial charge in [0.15, 0.2) is 0 Å². The minimum Gasteiger partial charge on any atom is -0.330 e. The standard InChI is InChI=1S/C14H28N4/c1-5-9-18-13(7-8-16-18)10-17(6-2)12-14(3,4)11-15/h7-8H,5-6,9-12,15H2,1-4H3. The molecule has 0 amide bonds. The molecule has 1 aromatic heterocycles. The zero-order chi connectivity index (χ0) is 13.6. The van der Waals surface area contributed by atoms with E-state index in [4.69, 9.17) is 5.73 Å². The van der Waals surface area contributed by atoms with E-state index in [1.165, 1.54) is 5.69 Å². The highest BCUT2D eigenvalue weighted by atomic mass is 15.3. The van der Waals surface area contributed by atoms with Crippen LogP contribution in [-0.4, -0.2) is 34.3 Å². The Morgan fingerprint density at radius 1 is 1.39 bits per heavy atom. The van der Waals surface area contributed by atoms with Crippen LogP contribution in [0.2, 0.25) is 0 Å². The average Bonchev–Trinajstić information content (AvgIpc) is 2.76. The molecule has 4 nitrogen and oxygen atoms in total. The molecular weight excluding hydrogens is 224 g/mol. The van der Waals surface area contributed by atoms with E-state index in [-0.39, 0.29) is 5.41 Å². The normalized spacial score (nSPS) is 12.3. The van der Waals surface area contributed by atoms with Crippen molar-refractivity contribution in [3.05, 3.63) is 18.0 Å². The van der Waals surface area contributed by atoms with Crippen molar-refractivity contribution in [2.45, 2.75) is 47.2 Å². The summed E-state index contributed by atoms with van der Waals surface area (Å²) in [5.74, 6) is 0. The highest BCUT2D eigenvalue weighted by Crippen LogP contribution is 2.16. The first-order valence-electron chi connectivity index (χ1n) is 6.95. The molecular formula is C14H28N4. The third kappa shape index (κ3) is 4.42. The molecule has 0 radical (unpaired) electrons. The Bertz CT molecular complexity index is 343. The van der Waals surface area contributed by atoms with Crippen LogP contribution >= 0.6 is 0 Å². The lowest BCUT2D eigenvalue weighted by Crippen LogP contribution is -2.38. The van der Waals surface area contributed by atoms with Gasteiger partial charge in [-0.05, 0) is 31.0 Å². The van der Waals surface area contributed by atoms with Crippen molar-refractivity contribution in [3.63, 3.8) is 0 Å². The van der Waals surface area contributed by atoms with Crippen LogP contribution in [0.4, 0.5) is 0 Å². The lowest BCUT2D eigenvalue weighted by Gasteiger charge is -2.31. The Balaban J connectivity index is 2.65. The summed E-state index contributed by atoms with van der Waals surface area (Å²) in [6, 6.07) is 2.12. The fraction of sp³-hybridized carbons (Fsp3) is 0.786. The lowest BCUT2D eigenvalue weighted by atomic mass is 9.93. The number of hydrogen-bond acceptors (Lipinski definition) is 3. The summed E-state index contributed by atoms with van der Waals surface area (Å²) >= 11 is 0. The van der Waals surface area contributed by atoms with Crippen LogP contribution in [0.3, 0.4) is 0 Å². The molecule has 18 heavy (non-hydrogen) atoms. The van der Waals surface area contributed by atoms with Gasteiger partial charge >= 0.3 is 0 Å². The smallest absolute Gasteiger partial charge is 0.0524 e. The molecule has 0 fully saturated rings. The van der Waals surface area contributed by atoms with E-state index in [2.05, 4.69) is 48.4 Å². The van der Waals surface area contributed by atoms with Gasteiger partial charge in [0.25, 0.3) is 0 Å². The van der Waals surface area contributed by atoms with E-state index in [9.17, 15) is 0 Å². The second-order valence-corrected chi connectivity index (χ2v) is 5.72. The first-order valence-corrected chi connectivity index (χ1v) is 6.95. The van der Waals surface area contributed by atoms with Crippen LogP contribution in [0.15, 0.2) is 12.3 Å². The first-order chi connectivity index (χ1) is 8.52. The van der Waals surface area contributed by atoms with Crippen LogP contribution in [0.1, 0.15) is 39.8 Å². The molecule has 0 aromatic carbocycles. The largest absolute Gasteiger partial charge is 0.330 e. The number of hydrogen-bond donors (Lipinski definition) is 1. The summed E-state index contributed by atoms with van der Waals surface area (Å²) in [5, 5.41) is 4.38. The molecule has 0 aliphatic rings. The molecule has 0 aliphatic heterocycles. The van der Waals surface area contributed by atoms with Gasteiger partial charge in [-0.3, -0.25) is 9.58 Å². The maximum atomic E-state index is 5.82. The highest BCUT2D eigenvalue weighted by Gasteiger charge is 2.20. The summed E-state index contributed by atoms with van der Waals surface area (Å²) < 4.78 is 2.11. The summed E-state index contributed by atoms with van der Waals surface area (Å²) in [4.78, 5) is 2.44. The third-order valence-corrected chi connectivity index (χ3v) is 3.28. The van der Waals surface area contributed by atoms with Crippen LogP contribution in [0, 0.1) is 5.41 Å². The molecule has 0 atom stereocenters. The summed E-state index contributed by atoms with van der Waals surface area (Å²) in [6.07, 6.45) is 3.02. The Hall–Kier alpha value is -0.870. The van der Waals surface area contributed by atoms with Crippen LogP contribution in [0.25, 0.3) is 0 Å². The molecule has 4 heteroatoms. The van der Waals surface area contributed by atoms with Gasteiger partial charge < -0.3 is 5.73 Å². The van der Waals surface area contributed by atoms with Crippen LogP contribution < -0.4 is 5.73 Å². The topological polar surface area (TPSA) is 47.1 Å². The Kier molecular flexibility index (Phi) is 5.82. The van der Waals surface area contributed by atoms with Crippen LogP contribution in [-0.2, 0) is 13.1 Å². The Morgan fingerprint density at radius 3 is 2.67 bits per heavy atom. The van der Waals surface area contributed by atoms with E-state index < -0.39 is 0 Å². The first kappa shape index (κ1) is 15.2. The zero-order valence-corrected chi connectivity index (χ0v) is 12.3. The molecule has 1 aromatic rings.